The fourth-order valence-electron chi connectivity index (χ4n) is 2.67. The van der Waals surface area contributed by atoms with Gasteiger partial charge < -0.3 is 20.1 Å². The van der Waals surface area contributed by atoms with Crippen LogP contribution in [0.3, 0.4) is 0 Å². The molecule has 0 aliphatic rings. The van der Waals surface area contributed by atoms with Crippen LogP contribution in [0.5, 0.6) is 0 Å². The second-order valence-electron chi connectivity index (χ2n) is 6.44. The van der Waals surface area contributed by atoms with Crippen molar-refractivity contribution in [3.05, 3.63) is 71.4 Å². The summed E-state index contributed by atoms with van der Waals surface area (Å²) in [5, 5.41) is 5.70. The van der Waals surface area contributed by atoms with E-state index in [-0.39, 0.29) is 17.5 Å². The Hall–Kier alpha value is -3.61. The van der Waals surface area contributed by atoms with Crippen LogP contribution in [-0.4, -0.2) is 32.1 Å². The first kappa shape index (κ1) is 21.7. The SMILES string of the molecule is COC(=O)/C=C(/Nc1ccccc1C(=O)Nc1ccccc1C(C)C)C(=O)OC. The van der Waals surface area contributed by atoms with Crippen LogP contribution < -0.4 is 10.6 Å². The lowest BCUT2D eigenvalue weighted by atomic mass is 10.0. The van der Waals surface area contributed by atoms with Crippen molar-refractivity contribution in [2.45, 2.75) is 19.8 Å². The number of carbonyl (C=O) groups excluding carboxylic acids is 3. The number of rotatable bonds is 7. The predicted molar refractivity (Wildman–Crippen MR) is 111 cm³/mol. The van der Waals surface area contributed by atoms with E-state index in [0.717, 1.165) is 11.6 Å². The zero-order chi connectivity index (χ0) is 21.4. The number of nitrogens with one attached hydrogen (secondary N) is 2. The van der Waals surface area contributed by atoms with Gasteiger partial charge in [-0.25, -0.2) is 9.59 Å². The number of esters is 2. The number of methoxy groups -OCH3 is 2. The first-order valence-corrected chi connectivity index (χ1v) is 9.01. The fraction of sp³-hybridized carbons (Fsp3) is 0.227. The van der Waals surface area contributed by atoms with E-state index in [4.69, 9.17) is 0 Å². The number of ether oxygens (including phenoxy) is 2. The molecule has 0 aliphatic heterocycles. The van der Waals surface area contributed by atoms with Gasteiger partial charge in [-0.15, -0.1) is 0 Å². The van der Waals surface area contributed by atoms with Gasteiger partial charge in [0.05, 0.1) is 31.5 Å². The Labute approximate surface area is 169 Å². The number of carbonyl (C=O) groups is 3. The van der Waals surface area contributed by atoms with Crippen molar-refractivity contribution in [3.8, 4) is 0 Å². The summed E-state index contributed by atoms with van der Waals surface area (Å²) in [5.74, 6) is -1.63. The van der Waals surface area contributed by atoms with E-state index in [1.807, 2.05) is 38.1 Å². The third kappa shape index (κ3) is 5.68. The van der Waals surface area contributed by atoms with Crippen LogP contribution in [0.4, 0.5) is 11.4 Å². The Morgan fingerprint density at radius 1 is 0.862 bits per heavy atom. The van der Waals surface area contributed by atoms with Crippen LogP contribution in [0.1, 0.15) is 35.7 Å². The van der Waals surface area contributed by atoms with Crippen molar-refractivity contribution in [2.75, 3.05) is 24.9 Å². The molecule has 0 saturated carbocycles. The highest BCUT2D eigenvalue weighted by molar-refractivity contribution is 6.09. The van der Waals surface area contributed by atoms with E-state index < -0.39 is 11.9 Å². The highest BCUT2D eigenvalue weighted by atomic mass is 16.5. The van der Waals surface area contributed by atoms with Crippen LogP contribution in [0.15, 0.2) is 60.3 Å². The molecule has 2 rings (SSSR count). The predicted octanol–water partition coefficient (Wildman–Crippen LogP) is 3.70. The van der Waals surface area contributed by atoms with Gasteiger partial charge in [-0.1, -0.05) is 44.2 Å². The first-order chi connectivity index (χ1) is 13.9. The Morgan fingerprint density at radius 2 is 1.48 bits per heavy atom. The fourth-order valence-corrected chi connectivity index (χ4v) is 2.67. The normalized spacial score (nSPS) is 11.0. The van der Waals surface area contributed by atoms with E-state index in [0.29, 0.717) is 16.9 Å². The molecule has 0 unspecified atom stereocenters. The molecular formula is C22H24N2O5. The van der Waals surface area contributed by atoms with Crippen molar-refractivity contribution in [2.24, 2.45) is 0 Å². The van der Waals surface area contributed by atoms with Gasteiger partial charge in [0.15, 0.2) is 0 Å². The van der Waals surface area contributed by atoms with Gasteiger partial charge in [-0.3, -0.25) is 4.79 Å². The Bertz CT molecular complexity index is 934. The number of hydrogen-bond donors (Lipinski definition) is 2. The average molecular weight is 396 g/mol. The molecule has 0 atom stereocenters. The molecule has 152 valence electrons. The van der Waals surface area contributed by atoms with Gasteiger partial charge >= 0.3 is 11.9 Å². The van der Waals surface area contributed by atoms with Gasteiger partial charge in [0.1, 0.15) is 5.70 Å². The zero-order valence-corrected chi connectivity index (χ0v) is 16.8. The van der Waals surface area contributed by atoms with Gasteiger partial charge in [0.2, 0.25) is 0 Å². The quantitative estimate of drug-likeness (QED) is 0.547. The molecular weight excluding hydrogens is 372 g/mol. The number of amides is 1. The Morgan fingerprint density at radius 3 is 2.10 bits per heavy atom. The van der Waals surface area contributed by atoms with Crippen LogP contribution in [0, 0.1) is 0 Å². The van der Waals surface area contributed by atoms with Gasteiger partial charge in [0, 0.05) is 5.69 Å². The third-order valence-electron chi connectivity index (χ3n) is 4.14. The van der Waals surface area contributed by atoms with E-state index in [9.17, 15) is 14.4 Å². The maximum absolute atomic E-state index is 12.9. The second kappa shape index (κ2) is 10.1. The Kier molecular flexibility index (Phi) is 7.54. The van der Waals surface area contributed by atoms with E-state index in [1.165, 1.54) is 14.2 Å². The Balaban J connectivity index is 2.35. The van der Waals surface area contributed by atoms with Crippen molar-refractivity contribution in [1.82, 2.24) is 0 Å². The average Bonchev–Trinajstić information content (AvgIpc) is 2.73. The molecule has 2 aromatic rings. The molecule has 0 aliphatic carbocycles. The molecule has 0 saturated heterocycles. The third-order valence-corrected chi connectivity index (χ3v) is 4.14. The zero-order valence-electron chi connectivity index (χ0n) is 16.8. The minimum atomic E-state index is -0.768. The molecule has 29 heavy (non-hydrogen) atoms. The summed E-state index contributed by atoms with van der Waals surface area (Å²) < 4.78 is 9.25. The highest BCUT2D eigenvalue weighted by Crippen LogP contribution is 2.25. The number of anilines is 2. The standard InChI is InChI=1S/C22H24N2O5/c1-14(2)15-9-5-7-11-17(15)24-21(26)16-10-6-8-12-18(16)23-19(22(27)29-4)13-20(25)28-3/h5-14,23H,1-4H3,(H,24,26)/b19-13+. The van der Waals surface area contributed by atoms with Crippen molar-refractivity contribution < 1.29 is 23.9 Å². The minimum Gasteiger partial charge on any atom is -0.466 e. The van der Waals surface area contributed by atoms with E-state index in [1.54, 1.807) is 24.3 Å². The number of hydrogen-bond acceptors (Lipinski definition) is 6. The summed E-state index contributed by atoms with van der Waals surface area (Å²) in [6, 6.07) is 14.2. The van der Waals surface area contributed by atoms with Crippen LogP contribution in [-0.2, 0) is 19.1 Å². The first-order valence-electron chi connectivity index (χ1n) is 9.01. The summed E-state index contributed by atoms with van der Waals surface area (Å²) >= 11 is 0. The maximum atomic E-state index is 12.9. The minimum absolute atomic E-state index is 0.151. The summed E-state index contributed by atoms with van der Waals surface area (Å²) in [6.45, 7) is 4.08. The molecule has 7 nitrogen and oxygen atoms in total. The lowest BCUT2D eigenvalue weighted by Gasteiger charge is -2.16. The summed E-state index contributed by atoms with van der Waals surface area (Å²) in [6.07, 6.45) is 0.967. The van der Waals surface area contributed by atoms with E-state index in [2.05, 4.69) is 20.1 Å². The molecule has 0 radical (unpaired) electrons. The number of para-hydroxylation sites is 2. The molecule has 2 N–H and O–H groups in total. The lowest BCUT2D eigenvalue weighted by molar-refractivity contribution is -0.138. The summed E-state index contributed by atoms with van der Waals surface area (Å²) in [4.78, 5) is 36.5. The molecule has 0 bridgehead atoms. The monoisotopic (exact) mass is 396 g/mol. The maximum Gasteiger partial charge on any atom is 0.354 e. The molecule has 0 fully saturated rings. The molecule has 2 aromatic carbocycles. The topological polar surface area (TPSA) is 93.7 Å². The van der Waals surface area contributed by atoms with Gasteiger partial charge in [-0.2, -0.15) is 0 Å². The molecule has 0 heterocycles. The van der Waals surface area contributed by atoms with Crippen molar-refractivity contribution >= 4 is 29.2 Å². The molecule has 7 heteroatoms. The van der Waals surface area contributed by atoms with Crippen molar-refractivity contribution in [1.29, 1.82) is 0 Å². The van der Waals surface area contributed by atoms with E-state index >= 15 is 0 Å². The van der Waals surface area contributed by atoms with Crippen molar-refractivity contribution in [3.63, 3.8) is 0 Å². The molecule has 0 aromatic heterocycles. The summed E-state index contributed by atoms with van der Waals surface area (Å²) in [7, 11) is 2.39. The molecule has 1 amide bonds. The largest absolute Gasteiger partial charge is 0.466 e. The van der Waals surface area contributed by atoms with Crippen LogP contribution in [0.25, 0.3) is 0 Å². The smallest absolute Gasteiger partial charge is 0.354 e. The van der Waals surface area contributed by atoms with Gasteiger partial charge in [0.25, 0.3) is 5.91 Å². The van der Waals surface area contributed by atoms with Gasteiger partial charge in [-0.05, 0) is 29.7 Å². The highest BCUT2D eigenvalue weighted by Gasteiger charge is 2.18. The van der Waals surface area contributed by atoms with Crippen LogP contribution >= 0.6 is 0 Å². The second-order valence-corrected chi connectivity index (χ2v) is 6.44. The van der Waals surface area contributed by atoms with Crippen LogP contribution in [0.2, 0.25) is 0 Å². The summed E-state index contributed by atoms with van der Waals surface area (Å²) in [5.41, 5.74) is 2.20. The molecule has 0 spiro atoms. The lowest BCUT2D eigenvalue weighted by Crippen LogP contribution is -2.19. The number of benzene rings is 2.